The van der Waals surface area contributed by atoms with Crippen LogP contribution in [-0.2, 0) is 6.54 Å². The number of piperazine rings is 1. The van der Waals surface area contributed by atoms with Crippen LogP contribution in [0.25, 0.3) is 10.8 Å². The molecule has 0 unspecified atom stereocenters. The molecule has 1 aliphatic rings. The number of nitrogens with zero attached hydrogens (tertiary/aromatic N) is 3. The maximum Gasteiger partial charge on any atom is 0.258 e. The van der Waals surface area contributed by atoms with Crippen LogP contribution in [0.4, 0.5) is 5.69 Å². The van der Waals surface area contributed by atoms with E-state index in [1.54, 1.807) is 30.0 Å². The van der Waals surface area contributed by atoms with E-state index in [-0.39, 0.29) is 17.5 Å². The predicted octanol–water partition coefficient (Wildman–Crippen LogP) is 3.70. The number of methoxy groups -OCH3 is 2. The van der Waals surface area contributed by atoms with E-state index in [1.807, 2.05) is 11.8 Å². The number of rotatable bonds is 5. The maximum absolute atomic E-state index is 13.7. The van der Waals surface area contributed by atoms with Gasteiger partial charge in [-0.15, -0.1) is 0 Å². The lowest BCUT2D eigenvalue weighted by Crippen LogP contribution is -2.54. The second-order valence-electron chi connectivity index (χ2n) is 8.52. The fourth-order valence-corrected chi connectivity index (χ4v) is 4.56. The number of carbonyl (C=O) groups is 1. The minimum absolute atomic E-state index is 0.0789. The molecule has 4 rings (SSSR count). The molecular weight excluding hydrogens is 418 g/mol. The highest BCUT2D eigenvalue weighted by Gasteiger charge is 2.29. The third-order valence-electron chi connectivity index (χ3n) is 6.44. The molecule has 1 amide bonds. The molecule has 0 spiro atoms. The first-order valence-electron chi connectivity index (χ1n) is 11.3. The lowest BCUT2D eigenvalue weighted by molar-refractivity contribution is 0.0727. The first kappa shape index (κ1) is 22.7. The summed E-state index contributed by atoms with van der Waals surface area (Å²) in [5.41, 5.74) is 2.75. The zero-order valence-corrected chi connectivity index (χ0v) is 19.9. The Morgan fingerprint density at radius 2 is 1.67 bits per heavy atom. The Morgan fingerprint density at radius 3 is 2.24 bits per heavy atom. The highest BCUT2D eigenvalue weighted by molar-refractivity contribution is 6.07. The number of anilines is 1. The maximum atomic E-state index is 13.7. The fraction of sp³-hybridized carbons (Fsp3) is 0.385. The molecule has 7 heteroatoms. The van der Waals surface area contributed by atoms with Gasteiger partial charge in [0, 0.05) is 49.5 Å². The van der Waals surface area contributed by atoms with E-state index in [0.29, 0.717) is 47.5 Å². The largest absolute Gasteiger partial charge is 0.493 e. The Hall–Kier alpha value is -3.48. The molecule has 1 saturated heterocycles. The van der Waals surface area contributed by atoms with Crippen LogP contribution in [0.15, 0.2) is 47.4 Å². The lowest BCUT2D eigenvalue weighted by atomic mass is 10.0. The molecular formula is C26H31N3O4. The molecule has 1 fully saturated rings. The fourth-order valence-electron chi connectivity index (χ4n) is 4.56. The molecule has 0 saturated carbocycles. The average molecular weight is 450 g/mol. The Morgan fingerprint density at radius 1 is 1.03 bits per heavy atom. The minimum atomic E-state index is -0.150. The molecule has 0 bridgehead atoms. The van der Waals surface area contributed by atoms with Crippen LogP contribution in [0.2, 0.25) is 0 Å². The first-order chi connectivity index (χ1) is 15.9. The van der Waals surface area contributed by atoms with Crippen molar-refractivity contribution in [2.24, 2.45) is 0 Å². The molecule has 1 aromatic heterocycles. The van der Waals surface area contributed by atoms with Gasteiger partial charge in [-0.05, 0) is 45.0 Å². The van der Waals surface area contributed by atoms with E-state index in [4.69, 9.17) is 9.47 Å². The van der Waals surface area contributed by atoms with E-state index in [9.17, 15) is 9.59 Å². The van der Waals surface area contributed by atoms with Crippen molar-refractivity contribution >= 4 is 22.4 Å². The summed E-state index contributed by atoms with van der Waals surface area (Å²) in [5.74, 6) is 0.879. The van der Waals surface area contributed by atoms with Crippen LogP contribution < -0.4 is 19.9 Å². The Bertz CT molecular complexity index is 1230. The molecule has 0 N–H and O–H groups in total. The van der Waals surface area contributed by atoms with Crippen LogP contribution >= 0.6 is 0 Å². The van der Waals surface area contributed by atoms with Crippen molar-refractivity contribution in [3.8, 4) is 11.5 Å². The second kappa shape index (κ2) is 9.17. The van der Waals surface area contributed by atoms with Gasteiger partial charge in [0.1, 0.15) is 0 Å². The minimum Gasteiger partial charge on any atom is -0.493 e. The summed E-state index contributed by atoms with van der Waals surface area (Å²) in [6, 6.07) is 12.1. The molecule has 174 valence electrons. The van der Waals surface area contributed by atoms with Crippen LogP contribution in [0.1, 0.15) is 29.8 Å². The van der Waals surface area contributed by atoms with Gasteiger partial charge in [-0.25, -0.2) is 0 Å². The van der Waals surface area contributed by atoms with Crippen molar-refractivity contribution in [2.45, 2.75) is 33.4 Å². The summed E-state index contributed by atoms with van der Waals surface area (Å²) in [4.78, 5) is 30.9. The zero-order valence-electron chi connectivity index (χ0n) is 19.9. The number of carbonyl (C=O) groups excluding carboxylic acids is 1. The van der Waals surface area contributed by atoms with Crippen molar-refractivity contribution in [1.82, 2.24) is 9.47 Å². The molecule has 3 aromatic rings. The Balaban J connectivity index is 1.70. The average Bonchev–Trinajstić information content (AvgIpc) is 2.83. The van der Waals surface area contributed by atoms with Crippen molar-refractivity contribution in [3.63, 3.8) is 0 Å². The second-order valence-corrected chi connectivity index (χ2v) is 8.52. The van der Waals surface area contributed by atoms with Crippen LogP contribution in [0.3, 0.4) is 0 Å². The van der Waals surface area contributed by atoms with Gasteiger partial charge < -0.3 is 23.8 Å². The SMILES string of the molecule is CCn1cc(C(=O)N2CCN(c3ccc(C)cc3)[C@H](C)C2)c2cc(OC)c(OC)cc2c1=O. The topological polar surface area (TPSA) is 64.0 Å². The van der Waals surface area contributed by atoms with Gasteiger partial charge in [0.25, 0.3) is 11.5 Å². The van der Waals surface area contributed by atoms with Gasteiger partial charge in [0.2, 0.25) is 0 Å². The number of pyridine rings is 1. The van der Waals surface area contributed by atoms with Crippen molar-refractivity contribution in [2.75, 3.05) is 38.8 Å². The normalized spacial score (nSPS) is 16.2. The molecule has 0 radical (unpaired) electrons. The highest BCUT2D eigenvalue weighted by Crippen LogP contribution is 2.33. The van der Waals surface area contributed by atoms with E-state index in [0.717, 1.165) is 6.54 Å². The molecule has 1 aliphatic heterocycles. The summed E-state index contributed by atoms with van der Waals surface area (Å²) in [6.07, 6.45) is 1.68. The smallest absolute Gasteiger partial charge is 0.258 e. The quantitative estimate of drug-likeness (QED) is 0.594. The lowest BCUT2D eigenvalue weighted by Gasteiger charge is -2.41. The van der Waals surface area contributed by atoms with Crippen molar-refractivity contribution in [3.05, 3.63) is 64.1 Å². The number of ether oxygens (including phenoxy) is 2. The van der Waals surface area contributed by atoms with Crippen LogP contribution in [0.5, 0.6) is 11.5 Å². The van der Waals surface area contributed by atoms with Crippen LogP contribution in [0, 0.1) is 6.92 Å². The van der Waals surface area contributed by atoms with Crippen molar-refractivity contribution in [1.29, 1.82) is 0 Å². The summed E-state index contributed by atoms with van der Waals surface area (Å²) >= 11 is 0. The summed E-state index contributed by atoms with van der Waals surface area (Å²) in [6.45, 7) is 8.54. The van der Waals surface area contributed by atoms with E-state index < -0.39 is 0 Å². The molecule has 2 aromatic carbocycles. The van der Waals surface area contributed by atoms with E-state index >= 15 is 0 Å². The van der Waals surface area contributed by atoms with Gasteiger partial charge in [-0.2, -0.15) is 0 Å². The first-order valence-corrected chi connectivity index (χ1v) is 11.3. The summed E-state index contributed by atoms with van der Waals surface area (Å²) in [5, 5.41) is 1.03. The number of amides is 1. The number of benzene rings is 2. The molecule has 1 atom stereocenters. The van der Waals surface area contributed by atoms with Gasteiger partial charge >= 0.3 is 0 Å². The zero-order chi connectivity index (χ0) is 23.7. The van der Waals surface area contributed by atoms with Gasteiger partial charge in [-0.3, -0.25) is 9.59 Å². The summed E-state index contributed by atoms with van der Waals surface area (Å²) < 4.78 is 12.4. The molecule has 7 nitrogen and oxygen atoms in total. The van der Waals surface area contributed by atoms with Gasteiger partial charge in [0.15, 0.2) is 11.5 Å². The molecule has 0 aliphatic carbocycles. The van der Waals surface area contributed by atoms with Gasteiger partial charge in [-0.1, -0.05) is 17.7 Å². The number of hydrogen-bond donors (Lipinski definition) is 0. The molecule has 33 heavy (non-hydrogen) atoms. The third kappa shape index (κ3) is 4.15. The molecule has 2 heterocycles. The number of aryl methyl sites for hydroxylation is 2. The van der Waals surface area contributed by atoms with Crippen molar-refractivity contribution < 1.29 is 14.3 Å². The summed E-state index contributed by atoms with van der Waals surface area (Å²) in [7, 11) is 3.08. The number of hydrogen-bond acceptors (Lipinski definition) is 5. The highest BCUT2D eigenvalue weighted by atomic mass is 16.5. The predicted molar refractivity (Wildman–Crippen MR) is 131 cm³/mol. The number of aromatic nitrogens is 1. The van der Waals surface area contributed by atoms with E-state index in [2.05, 4.69) is 43.0 Å². The Kier molecular flexibility index (Phi) is 6.31. The standard InChI is InChI=1S/C26H31N3O4/c1-6-27-16-22(20-13-23(32-4)24(33-5)14-21(20)25(27)30)26(31)28-11-12-29(18(3)15-28)19-9-7-17(2)8-10-19/h7-10,13-14,16,18H,6,11-12,15H2,1-5H3/t18-/m1/s1. The van der Waals surface area contributed by atoms with Crippen LogP contribution in [-0.4, -0.2) is 55.3 Å². The number of fused-ring (bicyclic) bond motifs is 1. The van der Waals surface area contributed by atoms with Gasteiger partial charge in [0.05, 0.1) is 25.2 Å². The van der Waals surface area contributed by atoms with E-state index in [1.165, 1.54) is 18.4 Å². The third-order valence-corrected chi connectivity index (χ3v) is 6.44. The monoisotopic (exact) mass is 449 g/mol. The Labute approximate surface area is 194 Å².